The molecule has 1 aromatic rings. The van der Waals surface area contributed by atoms with Gasteiger partial charge in [0.1, 0.15) is 17.7 Å². The second-order valence-electron chi connectivity index (χ2n) is 4.37. The van der Waals surface area contributed by atoms with Crippen molar-refractivity contribution in [2.75, 3.05) is 5.75 Å². The van der Waals surface area contributed by atoms with E-state index in [1.807, 2.05) is 0 Å². The number of hydrogen-bond donors (Lipinski definition) is 1. The van der Waals surface area contributed by atoms with Crippen LogP contribution < -0.4 is 5.32 Å². The first-order valence-electron chi connectivity index (χ1n) is 6.10. The van der Waals surface area contributed by atoms with Gasteiger partial charge in [0.2, 0.25) is 17.5 Å². The Morgan fingerprint density at radius 2 is 2.10 bits per heavy atom. The summed E-state index contributed by atoms with van der Waals surface area (Å²) in [5, 5.41) is 2.39. The number of Topliss-reactive ketones (excluding diaryl/α,β-unsaturated/α-hetero) is 2. The summed E-state index contributed by atoms with van der Waals surface area (Å²) in [5.74, 6) is -1.36. The van der Waals surface area contributed by atoms with Crippen LogP contribution in [0.25, 0.3) is 0 Å². The summed E-state index contributed by atoms with van der Waals surface area (Å²) in [5.41, 5.74) is 0.785. The standard InChI is InChI=1S/C14H12N2O4S/c1-7-3-4-15-10-9(7)12(19)11(16-8(2)18)14(13(10)20)21-6-5-17/h3-5H,6H2,1-2H3,(H,16,18). The SMILES string of the molecule is CC(=O)NC1=C(SCC=O)C(=O)c2nccc(C)c2C1=O. The van der Waals surface area contributed by atoms with Gasteiger partial charge in [-0.25, -0.2) is 0 Å². The molecule has 108 valence electrons. The van der Waals surface area contributed by atoms with Crippen LogP contribution in [0.3, 0.4) is 0 Å². The summed E-state index contributed by atoms with van der Waals surface area (Å²) in [6, 6.07) is 1.62. The van der Waals surface area contributed by atoms with Crippen LogP contribution in [0.1, 0.15) is 33.3 Å². The zero-order chi connectivity index (χ0) is 15.6. The Labute approximate surface area is 125 Å². The number of carbonyl (C=O) groups is 4. The number of rotatable bonds is 4. The lowest BCUT2D eigenvalue weighted by Crippen LogP contribution is -2.33. The summed E-state index contributed by atoms with van der Waals surface area (Å²) in [6.07, 6.45) is 2.07. The topological polar surface area (TPSA) is 93.2 Å². The van der Waals surface area contributed by atoms with E-state index < -0.39 is 17.5 Å². The molecule has 2 rings (SSSR count). The Morgan fingerprint density at radius 1 is 1.38 bits per heavy atom. The second kappa shape index (κ2) is 6.01. The Balaban J connectivity index is 2.61. The number of hydrogen-bond acceptors (Lipinski definition) is 6. The summed E-state index contributed by atoms with van der Waals surface area (Å²) in [6.45, 7) is 2.94. The quantitative estimate of drug-likeness (QED) is 0.836. The lowest BCUT2D eigenvalue weighted by atomic mass is 9.93. The summed E-state index contributed by atoms with van der Waals surface area (Å²) < 4.78 is 0. The minimum Gasteiger partial charge on any atom is -0.322 e. The highest BCUT2D eigenvalue weighted by Crippen LogP contribution is 2.31. The molecule has 1 aliphatic rings. The molecule has 0 aromatic carbocycles. The molecule has 1 heterocycles. The van der Waals surface area contributed by atoms with Crippen molar-refractivity contribution in [2.45, 2.75) is 13.8 Å². The molecule has 0 aliphatic heterocycles. The fourth-order valence-electron chi connectivity index (χ4n) is 2.01. The predicted molar refractivity (Wildman–Crippen MR) is 77.0 cm³/mol. The molecule has 0 fully saturated rings. The van der Waals surface area contributed by atoms with Crippen molar-refractivity contribution in [3.63, 3.8) is 0 Å². The highest BCUT2D eigenvalue weighted by molar-refractivity contribution is 8.04. The number of ketones is 2. The molecule has 21 heavy (non-hydrogen) atoms. The molecule has 0 radical (unpaired) electrons. The van der Waals surface area contributed by atoms with Crippen molar-refractivity contribution in [2.24, 2.45) is 0 Å². The summed E-state index contributed by atoms with van der Waals surface area (Å²) in [4.78, 5) is 50.8. The number of carbonyl (C=O) groups excluding carboxylic acids is 4. The molecule has 1 N–H and O–H groups in total. The van der Waals surface area contributed by atoms with Gasteiger partial charge < -0.3 is 10.1 Å². The molecule has 0 bridgehead atoms. The number of aldehydes is 1. The third-order valence-electron chi connectivity index (χ3n) is 2.86. The van der Waals surface area contributed by atoms with E-state index in [2.05, 4.69) is 10.3 Å². The van der Waals surface area contributed by atoms with Gasteiger partial charge in [-0.1, -0.05) is 0 Å². The number of fused-ring (bicyclic) bond motifs is 1. The molecular weight excluding hydrogens is 292 g/mol. The van der Waals surface area contributed by atoms with Crippen molar-refractivity contribution in [1.29, 1.82) is 0 Å². The van der Waals surface area contributed by atoms with Crippen LogP contribution in [-0.4, -0.2) is 34.5 Å². The Morgan fingerprint density at radius 3 is 2.71 bits per heavy atom. The maximum absolute atomic E-state index is 12.5. The molecule has 0 spiro atoms. The Hall–Kier alpha value is -2.28. The van der Waals surface area contributed by atoms with Gasteiger partial charge in [-0.3, -0.25) is 19.4 Å². The number of nitrogens with zero attached hydrogens (tertiary/aromatic N) is 1. The Kier molecular flexibility index (Phi) is 4.32. The van der Waals surface area contributed by atoms with E-state index >= 15 is 0 Å². The average molecular weight is 304 g/mol. The molecular formula is C14H12N2O4S. The van der Waals surface area contributed by atoms with E-state index in [4.69, 9.17) is 0 Å². The average Bonchev–Trinajstić information content (AvgIpc) is 2.43. The van der Waals surface area contributed by atoms with Crippen LogP contribution >= 0.6 is 11.8 Å². The first-order valence-corrected chi connectivity index (χ1v) is 7.09. The first-order chi connectivity index (χ1) is 9.97. The normalized spacial score (nSPS) is 14.0. The maximum atomic E-state index is 12.5. The summed E-state index contributed by atoms with van der Waals surface area (Å²) in [7, 11) is 0. The lowest BCUT2D eigenvalue weighted by molar-refractivity contribution is -0.118. The highest BCUT2D eigenvalue weighted by atomic mass is 32.2. The van der Waals surface area contributed by atoms with E-state index in [0.717, 1.165) is 11.8 Å². The molecule has 6 nitrogen and oxygen atoms in total. The lowest BCUT2D eigenvalue weighted by Gasteiger charge is -2.20. The molecule has 1 aromatic heterocycles. The van der Waals surface area contributed by atoms with Crippen LogP contribution in [-0.2, 0) is 9.59 Å². The van der Waals surface area contributed by atoms with Gasteiger partial charge in [0.25, 0.3) is 0 Å². The van der Waals surface area contributed by atoms with Crippen LogP contribution in [0.15, 0.2) is 22.9 Å². The third-order valence-corrected chi connectivity index (χ3v) is 3.84. The zero-order valence-electron chi connectivity index (χ0n) is 11.4. The van der Waals surface area contributed by atoms with Gasteiger partial charge in [-0.2, -0.15) is 0 Å². The molecule has 0 saturated heterocycles. The number of thioether (sulfide) groups is 1. The minimum absolute atomic E-state index is 0.0125. The number of allylic oxidation sites excluding steroid dienone is 2. The van der Waals surface area contributed by atoms with E-state index in [1.165, 1.54) is 13.1 Å². The van der Waals surface area contributed by atoms with E-state index in [-0.39, 0.29) is 27.6 Å². The highest BCUT2D eigenvalue weighted by Gasteiger charge is 2.35. The van der Waals surface area contributed by atoms with Crippen LogP contribution in [0.4, 0.5) is 0 Å². The number of nitrogens with one attached hydrogen (secondary N) is 1. The molecule has 1 amide bonds. The first kappa shape index (κ1) is 15.1. The van der Waals surface area contributed by atoms with Gasteiger partial charge in [0, 0.05) is 13.1 Å². The van der Waals surface area contributed by atoms with Crippen molar-refractivity contribution < 1.29 is 19.2 Å². The van der Waals surface area contributed by atoms with Gasteiger partial charge in [0.15, 0.2) is 0 Å². The predicted octanol–water partition coefficient (Wildman–Crippen LogP) is 1.05. The van der Waals surface area contributed by atoms with Crippen molar-refractivity contribution in [3.8, 4) is 0 Å². The molecule has 0 unspecified atom stereocenters. The number of aryl methyl sites for hydroxylation is 1. The molecule has 7 heteroatoms. The smallest absolute Gasteiger partial charge is 0.221 e. The van der Waals surface area contributed by atoms with Crippen molar-refractivity contribution >= 4 is 35.5 Å². The minimum atomic E-state index is -0.459. The Bertz CT molecular complexity index is 694. The van der Waals surface area contributed by atoms with Crippen molar-refractivity contribution in [3.05, 3.63) is 39.7 Å². The number of pyridine rings is 1. The van der Waals surface area contributed by atoms with Gasteiger partial charge >= 0.3 is 0 Å². The van der Waals surface area contributed by atoms with Gasteiger partial charge in [0.05, 0.1) is 16.2 Å². The van der Waals surface area contributed by atoms with Crippen molar-refractivity contribution in [1.82, 2.24) is 10.3 Å². The maximum Gasteiger partial charge on any atom is 0.221 e. The second-order valence-corrected chi connectivity index (χ2v) is 5.40. The molecule has 0 saturated carbocycles. The zero-order valence-corrected chi connectivity index (χ0v) is 12.2. The fraction of sp³-hybridized carbons (Fsp3) is 0.214. The van der Waals surface area contributed by atoms with Gasteiger partial charge in [-0.15, -0.1) is 11.8 Å². The summed E-state index contributed by atoms with van der Waals surface area (Å²) >= 11 is 0.915. The number of aromatic nitrogens is 1. The van der Waals surface area contributed by atoms with E-state index in [9.17, 15) is 19.2 Å². The molecule has 1 aliphatic carbocycles. The van der Waals surface area contributed by atoms with Gasteiger partial charge in [-0.05, 0) is 18.6 Å². The van der Waals surface area contributed by atoms with E-state index in [0.29, 0.717) is 11.8 Å². The van der Waals surface area contributed by atoms with Crippen LogP contribution in [0, 0.1) is 6.92 Å². The fourth-order valence-corrected chi connectivity index (χ4v) is 2.76. The third kappa shape index (κ3) is 2.78. The van der Waals surface area contributed by atoms with E-state index in [1.54, 1.807) is 13.0 Å². The van der Waals surface area contributed by atoms with Crippen LogP contribution in [0.5, 0.6) is 0 Å². The number of amides is 1. The largest absolute Gasteiger partial charge is 0.322 e. The monoisotopic (exact) mass is 304 g/mol. The molecule has 0 atom stereocenters. The van der Waals surface area contributed by atoms with Crippen LogP contribution in [0.2, 0.25) is 0 Å².